The summed E-state index contributed by atoms with van der Waals surface area (Å²) in [6, 6.07) is 23.2. The first-order valence-corrected chi connectivity index (χ1v) is 12.0. The molecule has 0 unspecified atom stereocenters. The van der Waals surface area contributed by atoms with E-state index in [-0.39, 0.29) is 17.9 Å². The molecule has 0 aliphatic heterocycles. The molecule has 1 aromatic heterocycles. The fourth-order valence-electron chi connectivity index (χ4n) is 3.64. The molecule has 0 aliphatic rings. The Hall–Kier alpha value is -3.62. The molecule has 33 heavy (non-hydrogen) atoms. The number of para-hydroxylation sites is 2. The molecule has 7 nitrogen and oxygen atoms in total. The Morgan fingerprint density at radius 1 is 0.909 bits per heavy atom. The third kappa shape index (κ3) is 5.60. The smallest absolute Gasteiger partial charge is 0.305 e. The summed E-state index contributed by atoms with van der Waals surface area (Å²) >= 11 is 0. The number of carbonyl (C=O) groups is 1. The lowest BCUT2D eigenvalue weighted by Gasteiger charge is -2.09. The number of ether oxygens (including phenoxy) is 1. The van der Waals surface area contributed by atoms with Crippen molar-refractivity contribution in [3.8, 4) is 11.5 Å². The van der Waals surface area contributed by atoms with Crippen LogP contribution in [0.5, 0.6) is 11.5 Å². The van der Waals surface area contributed by atoms with Gasteiger partial charge in [0.05, 0.1) is 11.3 Å². The first-order valence-electron chi connectivity index (χ1n) is 10.5. The Kier molecular flexibility index (Phi) is 6.76. The van der Waals surface area contributed by atoms with Gasteiger partial charge in [-0.3, -0.25) is 4.79 Å². The molecular formula is C25H24N2O5S. The van der Waals surface area contributed by atoms with E-state index >= 15 is 0 Å². The van der Waals surface area contributed by atoms with Crippen LogP contribution in [0.1, 0.15) is 12.0 Å². The van der Waals surface area contributed by atoms with Crippen LogP contribution in [0.3, 0.4) is 0 Å². The number of carboxylic acid groups (broad SMARTS) is 1. The predicted octanol–water partition coefficient (Wildman–Crippen LogP) is 4.43. The largest absolute Gasteiger partial charge is 0.481 e. The van der Waals surface area contributed by atoms with E-state index in [9.17, 15) is 13.2 Å². The van der Waals surface area contributed by atoms with Crippen molar-refractivity contribution in [2.75, 3.05) is 6.54 Å². The molecule has 0 bridgehead atoms. The molecule has 170 valence electrons. The van der Waals surface area contributed by atoms with E-state index in [1.165, 1.54) is 12.1 Å². The third-order valence-electron chi connectivity index (χ3n) is 5.24. The number of benzene rings is 3. The number of aliphatic carboxylic acids is 1. The number of rotatable bonds is 10. The predicted molar refractivity (Wildman–Crippen MR) is 126 cm³/mol. The zero-order valence-electron chi connectivity index (χ0n) is 17.8. The van der Waals surface area contributed by atoms with Gasteiger partial charge in [-0.25, -0.2) is 13.1 Å². The lowest BCUT2D eigenvalue weighted by molar-refractivity contribution is -0.137. The molecular weight excluding hydrogens is 440 g/mol. The summed E-state index contributed by atoms with van der Waals surface area (Å²) in [5.74, 6) is 0.366. The molecule has 0 saturated carbocycles. The molecule has 0 radical (unpaired) electrons. The minimum atomic E-state index is -3.68. The summed E-state index contributed by atoms with van der Waals surface area (Å²) in [7, 11) is -3.68. The average molecular weight is 465 g/mol. The normalized spacial score (nSPS) is 11.5. The van der Waals surface area contributed by atoms with E-state index in [2.05, 4.69) is 4.72 Å². The van der Waals surface area contributed by atoms with E-state index in [1.54, 1.807) is 12.1 Å². The van der Waals surface area contributed by atoms with Gasteiger partial charge in [-0.05, 0) is 54.4 Å². The van der Waals surface area contributed by atoms with Crippen LogP contribution in [0, 0.1) is 0 Å². The number of nitrogens with zero attached hydrogens (tertiary/aromatic N) is 1. The molecule has 0 fully saturated rings. The fourth-order valence-corrected chi connectivity index (χ4v) is 4.67. The van der Waals surface area contributed by atoms with Gasteiger partial charge in [-0.1, -0.05) is 36.4 Å². The quantitative estimate of drug-likeness (QED) is 0.362. The van der Waals surface area contributed by atoms with Gasteiger partial charge >= 0.3 is 5.97 Å². The second kappa shape index (κ2) is 9.89. The third-order valence-corrected chi connectivity index (χ3v) is 6.71. The van der Waals surface area contributed by atoms with Crippen molar-refractivity contribution in [1.29, 1.82) is 0 Å². The molecule has 0 aliphatic carbocycles. The fraction of sp³-hybridized carbons (Fsp3) is 0.160. The Labute approximate surface area is 192 Å². The lowest BCUT2D eigenvalue weighted by atomic mass is 10.1. The number of carboxylic acids is 1. The molecule has 8 heteroatoms. The van der Waals surface area contributed by atoms with Crippen molar-refractivity contribution in [3.63, 3.8) is 0 Å². The van der Waals surface area contributed by atoms with Crippen molar-refractivity contribution in [2.24, 2.45) is 0 Å². The van der Waals surface area contributed by atoms with Crippen molar-refractivity contribution in [2.45, 2.75) is 24.3 Å². The van der Waals surface area contributed by atoms with Crippen LogP contribution in [0.25, 0.3) is 10.9 Å². The van der Waals surface area contributed by atoms with Crippen molar-refractivity contribution in [3.05, 3.63) is 90.6 Å². The topological polar surface area (TPSA) is 97.6 Å². The standard InChI is InChI=1S/C25H24N2O5S/c28-25(29)15-17-27-18-19(23-8-4-5-9-24(23)27)14-16-26-33(30,31)22-12-10-21(11-13-22)32-20-6-2-1-3-7-20/h1-13,18,26H,14-17H2,(H,28,29). The van der Waals surface area contributed by atoms with Crippen LogP contribution in [0.2, 0.25) is 0 Å². The van der Waals surface area contributed by atoms with Gasteiger partial charge < -0.3 is 14.4 Å². The maximum absolute atomic E-state index is 12.7. The molecule has 4 aromatic rings. The molecule has 0 amide bonds. The summed E-state index contributed by atoms with van der Waals surface area (Å²) in [4.78, 5) is 11.1. The highest BCUT2D eigenvalue weighted by Crippen LogP contribution is 2.24. The van der Waals surface area contributed by atoms with Crippen molar-refractivity contribution in [1.82, 2.24) is 9.29 Å². The van der Waals surface area contributed by atoms with Crippen LogP contribution in [-0.2, 0) is 27.8 Å². The molecule has 0 atom stereocenters. The van der Waals surface area contributed by atoms with Gasteiger partial charge in [0.2, 0.25) is 10.0 Å². The van der Waals surface area contributed by atoms with Gasteiger partial charge in [0.25, 0.3) is 0 Å². The number of sulfonamides is 1. The Balaban J connectivity index is 1.41. The van der Waals surface area contributed by atoms with Crippen LogP contribution >= 0.6 is 0 Å². The summed E-state index contributed by atoms with van der Waals surface area (Å²) in [5.41, 5.74) is 1.90. The van der Waals surface area contributed by atoms with Gasteiger partial charge in [0.15, 0.2) is 0 Å². The van der Waals surface area contributed by atoms with Gasteiger partial charge in [-0.15, -0.1) is 0 Å². The molecule has 3 aromatic carbocycles. The summed E-state index contributed by atoms with van der Waals surface area (Å²) in [6.07, 6.45) is 2.40. The average Bonchev–Trinajstić information content (AvgIpc) is 3.16. The Morgan fingerprint density at radius 2 is 1.58 bits per heavy atom. The van der Waals surface area contributed by atoms with Crippen LogP contribution in [0.15, 0.2) is 90.0 Å². The van der Waals surface area contributed by atoms with Crippen molar-refractivity contribution >= 4 is 26.9 Å². The number of hydrogen-bond donors (Lipinski definition) is 2. The molecule has 4 rings (SSSR count). The zero-order chi connectivity index (χ0) is 23.3. The van der Waals surface area contributed by atoms with Gasteiger partial charge in [-0.2, -0.15) is 0 Å². The highest BCUT2D eigenvalue weighted by atomic mass is 32.2. The number of hydrogen-bond acceptors (Lipinski definition) is 4. The van der Waals surface area contributed by atoms with Crippen LogP contribution < -0.4 is 9.46 Å². The van der Waals surface area contributed by atoms with Crippen molar-refractivity contribution < 1.29 is 23.1 Å². The number of aromatic nitrogens is 1. The van der Waals surface area contributed by atoms with Crippen LogP contribution in [-0.4, -0.2) is 30.6 Å². The van der Waals surface area contributed by atoms with E-state index in [0.29, 0.717) is 24.5 Å². The van der Waals surface area contributed by atoms with E-state index < -0.39 is 16.0 Å². The van der Waals surface area contributed by atoms with E-state index in [4.69, 9.17) is 9.84 Å². The SMILES string of the molecule is O=C(O)CCn1cc(CCNS(=O)(=O)c2ccc(Oc3ccccc3)cc2)c2ccccc21. The first kappa shape index (κ1) is 22.6. The van der Waals surface area contributed by atoms with Gasteiger partial charge in [0, 0.05) is 30.2 Å². The Morgan fingerprint density at radius 3 is 2.30 bits per heavy atom. The maximum atomic E-state index is 12.7. The molecule has 1 heterocycles. The highest BCUT2D eigenvalue weighted by Gasteiger charge is 2.15. The maximum Gasteiger partial charge on any atom is 0.305 e. The summed E-state index contributed by atoms with van der Waals surface area (Å²) in [6.45, 7) is 0.580. The van der Waals surface area contributed by atoms with E-state index in [1.807, 2.05) is 65.4 Å². The van der Waals surface area contributed by atoms with E-state index in [0.717, 1.165) is 16.5 Å². The summed E-state index contributed by atoms with van der Waals surface area (Å²) in [5, 5.41) is 9.98. The first-order chi connectivity index (χ1) is 15.9. The van der Waals surface area contributed by atoms with Crippen LogP contribution in [0.4, 0.5) is 0 Å². The minimum Gasteiger partial charge on any atom is -0.481 e. The minimum absolute atomic E-state index is 0.0225. The zero-order valence-corrected chi connectivity index (χ0v) is 18.7. The lowest BCUT2D eigenvalue weighted by Crippen LogP contribution is -2.25. The Bertz CT molecular complexity index is 1350. The molecule has 0 spiro atoms. The van der Waals surface area contributed by atoms with Gasteiger partial charge in [0.1, 0.15) is 11.5 Å². The highest BCUT2D eigenvalue weighted by molar-refractivity contribution is 7.89. The number of fused-ring (bicyclic) bond motifs is 1. The second-order valence-electron chi connectivity index (χ2n) is 7.54. The number of nitrogens with one attached hydrogen (secondary N) is 1. The summed E-state index contributed by atoms with van der Waals surface area (Å²) < 4.78 is 35.7. The monoisotopic (exact) mass is 464 g/mol. The molecule has 0 saturated heterocycles. The molecule has 2 N–H and O–H groups in total. The second-order valence-corrected chi connectivity index (χ2v) is 9.31. The number of aryl methyl sites for hydroxylation is 1.